The molecule has 0 aromatic heterocycles. The minimum absolute atomic E-state index is 0.0298. The predicted octanol–water partition coefficient (Wildman–Crippen LogP) is 1.66. The van der Waals surface area contributed by atoms with E-state index in [9.17, 15) is 26.9 Å². The molecule has 0 unspecified atom stereocenters. The van der Waals surface area contributed by atoms with E-state index < -0.39 is 25.0 Å². The molecule has 0 aliphatic carbocycles. The monoisotopic (exact) mass is 385 g/mol. The minimum atomic E-state index is -4.15. The van der Waals surface area contributed by atoms with Crippen LogP contribution in [0.3, 0.4) is 0 Å². The van der Waals surface area contributed by atoms with Crippen LogP contribution < -0.4 is 9.86 Å². The summed E-state index contributed by atoms with van der Waals surface area (Å²) in [7, 11) is -8.18. The minimum Gasteiger partial charge on any atom is -0.280 e. The summed E-state index contributed by atoms with van der Waals surface area (Å²) in [6, 6.07) is 7.33. The van der Waals surface area contributed by atoms with Crippen LogP contribution >= 0.6 is 0 Å². The Morgan fingerprint density at radius 2 is 1.60 bits per heavy atom. The highest BCUT2D eigenvalue weighted by atomic mass is 32.2. The third kappa shape index (κ3) is 4.13. The highest BCUT2D eigenvalue weighted by Crippen LogP contribution is 2.25. The lowest BCUT2D eigenvalue weighted by Crippen LogP contribution is -2.16. The molecule has 0 heterocycles. The van der Waals surface area contributed by atoms with Crippen molar-refractivity contribution in [3.05, 3.63) is 57.6 Å². The van der Waals surface area contributed by atoms with Gasteiger partial charge in [0, 0.05) is 11.6 Å². The first-order chi connectivity index (χ1) is 11.4. The fourth-order valence-corrected chi connectivity index (χ4v) is 4.01. The van der Waals surface area contributed by atoms with Gasteiger partial charge in [-0.05, 0) is 37.6 Å². The van der Waals surface area contributed by atoms with Crippen LogP contribution in [0.25, 0.3) is 0 Å². The Morgan fingerprint density at radius 3 is 2.16 bits per heavy atom. The van der Waals surface area contributed by atoms with Crippen molar-refractivity contribution in [3.63, 3.8) is 0 Å². The summed E-state index contributed by atoms with van der Waals surface area (Å²) < 4.78 is 50.1. The molecule has 2 aromatic rings. The smallest absolute Gasteiger partial charge is 0.273 e. The summed E-state index contributed by atoms with van der Waals surface area (Å²) in [4.78, 5) is 9.74. The van der Waals surface area contributed by atoms with Crippen LogP contribution in [0, 0.1) is 24.0 Å². The number of aryl methyl sites for hydroxylation is 2. The van der Waals surface area contributed by atoms with Crippen LogP contribution in [-0.4, -0.2) is 21.8 Å². The van der Waals surface area contributed by atoms with Crippen LogP contribution in [0.2, 0.25) is 0 Å². The molecule has 0 atom stereocenters. The van der Waals surface area contributed by atoms with E-state index in [4.69, 9.17) is 5.14 Å². The zero-order valence-corrected chi connectivity index (χ0v) is 14.9. The first kappa shape index (κ1) is 18.8. The lowest BCUT2D eigenvalue weighted by Gasteiger charge is -2.11. The molecule has 134 valence electrons. The second kappa shape index (κ2) is 6.43. The average Bonchev–Trinajstić information content (AvgIpc) is 2.47. The van der Waals surface area contributed by atoms with Crippen LogP contribution in [0.4, 0.5) is 11.4 Å². The number of nitrogens with one attached hydrogen (secondary N) is 1. The predicted molar refractivity (Wildman–Crippen MR) is 91.2 cm³/mol. The Bertz CT molecular complexity index is 1060. The molecule has 9 nitrogen and oxygen atoms in total. The summed E-state index contributed by atoms with van der Waals surface area (Å²) in [6.07, 6.45) is 0. The molecule has 0 aliphatic heterocycles. The van der Waals surface area contributed by atoms with Crippen molar-refractivity contribution in [1.82, 2.24) is 0 Å². The van der Waals surface area contributed by atoms with E-state index in [-0.39, 0.29) is 21.2 Å². The summed E-state index contributed by atoms with van der Waals surface area (Å²) >= 11 is 0. The van der Waals surface area contributed by atoms with Gasteiger partial charge in [0.15, 0.2) is 0 Å². The van der Waals surface area contributed by atoms with E-state index in [1.807, 2.05) is 0 Å². The summed E-state index contributed by atoms with van der Waals surface area (Å²) in [5.41, 5.74) is 0.307. The number of benzene rings is 2. The van der Waals surface area contributed by atoms with Crippen LogP contribution in [0.5, 0.6) is 0 Å². The van der Waals surface area contributed by atoms with Crippen molar-refractivity contribution in [2.75, 3.05) is 4.72 Å². The Labute approximate surface area is 144 Å². The fourth-order valence-electron chi connectivity index (χ4n) is 2.14. The van der Waals surface area contributed by atoms with Gasteiger partial charge in [0.1, 0.15) is 0 Å². The molecule has 0 radical (unpaired) electrons. The SMILES string of the molecule is Cc1ccc(S(=O)(=O)Nc2ccc(C)c(S(N)(=O)=O)c2)cc1[N+](=O)[O-]. The van der Waals surface area contributed by atoms with Gasteiger partial charge in [0.05, 0.1) is 20.4 Å². The molecule has 0 amide bonds. The number of rotatable bonds is 5. The topological polar surface area (TPSA) is 149 Å². The maximum Gasteiger partial charge on any atom is 0.273 e. The normalized spacial score (nSPS) is 12.0. The second-order valence-corrected chi connectivity index (χ2v) is 8.55. The first-order valence-electron chi connectivity index (χ1n) is 6.83. The van der Waals surface area contributed by atoms with Crippen molar-refractivity contribution < 1.29 is 21.8 Å². The number of anilines is 1. The standard InChI is InChI=1S/C14H15N3O6S2/c1-9-4-6-12(8-13(9)17(18)19)25(22,23)16-11-5-3-10(2)14(7-11)24(15,20)21/h3-8,16H,1-2H3,(H2,15,20,21). The van der Waals surface area contributed by atoms with E-state index in [2.05, 4.69) is 4.72 Å². The number of nitro groups is 1. The highest BCUT2D eigenvalue weighted by Gasteiger charge is 2.21. The van der Waals surface area contributed by atoms with Crippen molar-refractivity contribution >= 4 is 31.4 Å². The third-order valence-electron chi connectivity index (χ3n) is 3.43. The lowest BCUT2D eigenvalue weighted by atomic mass is 10.2. The number of nitrogens with zero attached hydrogens (tertiary/aromatic N) is 1. The summed E-state index contributed by atoms with van der Waals surface area (Å²) in [5.74, 6) is 0. The fraction of sp³-hybridized carbons (Fsp3) is 0.143. The number of sulfonamides is 2. The molecule has 3 N–H and O–H groups in total. The van der Waals surface area contributed by atoms with Crippen molar-refractivity contribution in [3.8, 4) is 0 Å². The van der Waals surface area contributed by atoms with E-state index in [0.29, 0.717) is 11.1 Å². The molecule has 0 saturated heterocycles. The van der Waals surface area contributed by atoms with Gasteiger partial charge in [-0.1, -0.05) is 12.1 Å². The van der Waals surface area contributed by atoms with Crippen molar-refractivity contribution in [2.24, 2.45) is 5.14 Å². The van der Waals surface area contributed by atoms with Gasteiger partial charge < -0.3 is 0 Å². The summed E-state index contributed by atoms with van der Waals surface area (Å²) in [6.45, 7) is 3.00. The van der Waals surface area contributed by atoms with E-state index >= 15 is 0 Å². The molecule has 0 fully saturated rings. The molecule has 0 saturated carbocycles. The number of hydrogen-bond acceptors (Lipinski definition) is 6. The first-order valence-corrected chi connectivity index (χ1v) is 9.86. The maximum absolute atomic E-state index is 12.4. The molecule has 25 heavy (non-hydrogen) atoms. The quantitative estimate of drug-likeness (QED) is 0.590. The molecule has 0 aliphatic rings. The van der Waals surface area contributed by atoms with E-state index in [1.165, 1.54) is 38.1 Å². The van der Waals surface area contributed by atoms with Crippen molar-refractivity contribution in [2.45, 2.75) is 23.6 Å². The molecule has 2 rings (SSSR count). The second-order valence-electron chi connectivity index (χ2n) is 5.34. The van der Waals surface area contributed by atoms with Crippen LogP contribution in [0.15, 0.2) is 46.2 Å². The molecule has 2 aromatic carbocycles. The van der Waals surface area contributed by atoms with Gasteiger partial charge in [-0.2, -0.15) is 0 Å². The van der Waals surface area contributed by atoms with Gasteiger partial charge in [-0.25, -0.2) is 22.0 Å². The molecular weight excluding hydrogens is 370 g/mol. The molecule has 0 bridgehead atoms. The summed E-state index contributed by atoms with van der Waals surface area (Å²) in [5, 5.41) is 16.1. The van der Waals surface area contributed by atoms with Gasteiger partial charge in [-0.15, -0.1) is 0 Å². The Balaban J connectivity index is 2.47. The Kier molecular flexibility index (Phi) is 4.84. The van der Waals surface area contributed by atoms with Crippen LogP contribution in [-0.2, 0) is 20.0 Å². The maximum atomic E-state index is 12.4. The molecule has 11 heteroatoms. The number of nitro benzene ring substituents is 1. The zero-order valence-electron chi connectivity index (χ0n) is 13.3. The largest absolute Gasteiger partial charge is 0.280 e. The lowest BCUT2D eigenvalue weighted by molar-refractivity contribution is -0.385. The van der Waals surface area contributed by atoms with Gasteiger partial charge in [-0.3, -0.25) is 14.8 Å². The third-order valence-corrected chi connectivity index (χ3v) is 5.87. The number of nitrogens with two attached hydrogens (primary N) is 1. The molecular formula is C14H15N3O6S2. The van der Waals surface area contributed by atoms with E-state index in [0.717, 1.165) is 12.1 Å². The van der Waals surface area contributed by atoms with Gasteiger partial charge in [0.25, 0.3) is 15.7 Å². The number of hydrogen-bond donors (Lipinski definition) is 2. The Morgan fingerprint density at radius 1 is 1.00 bits per heavy atom. The van der Waals surface area contributed by atoms with Gasteiger partial charge in [0.2, 0.25) is 10.0 Å². The zero-order chi connectivity index (χ0) is 19.0. The Hall–Kier alpha value is -2.50. The highest BCUT2D eigenvalue weighted by molar-refractivity contribution is 7.92. The van der Waals surface area contributed by atoms with Crippen LogP contribution in [0.1, 0.15) is 11.1 Å². The van der Waals surface area contributed by atoms with E-state index in [1.54, 1.807) is 0 Å². The molecule has 0 spiro atoms. The van der Waals surface area contributed by atoms with Gasteiger partial charge >= 0.3 is 0 Å². The number of primary sulfonamides is 1. The average molecular weight is 385 g/mol. The van der Waals surface area contributed by atoms with Crippen molar-refractivity contribution in [1.29, 1.82) is 0 Å².